The Bertz CT molecular complexity index is 1020. The maximum atomic E-state index is 14.2. The van der Waals surface area contributed by atoms with E-state index in [1.165, 1.54) is 26.6 Å². The van der Waals surface area contributed by atoms with E-state index in [0.29, 0.717) is 39.9 Å². The molecule has 0 aliphatic rings. The van der Waals surface area contributed by atoms with Crippen LogP contribution in [0.3, 0.4) is 0 Å². The van der Waals surface area contributed by atoms with Gasteiger partial charge in [-0.1, -0.05) is 6.92 Å². The summed E-state index contributed by atoms with van der Waals surface area (Å²) < 4.78 is 25.3. The fraction of sp³-hybridized carbons (Fsp3) is 0.250. The summed E-state index contributed by atoms with van der Waals surface area (Å²) in [7, 11) is 3.01. The summed E-state index contributed by atoms with van der Waals surface area (Å²) in [6, 6.07) is 6.36. The van der Waals surface area contributed by atoms with Gasteiger partial charge < -0.3 is 14.8 Å². The number of nitrogens with one attached hydrogen (secondary N) is 1. The Labute approximate surface area is 156 Å². The van der Waals surface area contributed by atoms with Crippen LogP contribution in [0.5, 0.6) is 17.4 Å². The van der Waals surface area contributed by atoms with Gasteiger partial charge in [0.15, 0.2) is 0 Å². The van der Waals surface area contributed by atoms with Crippen molar-refractivity contribution in [2.75, 3.05) is 14.2 Å². The molecular weight excluding hydrogens is 349 g/mol. The molecule has 3 aromatic rings. The number of amides is 1. The molecule has 0 bridgehead atoms. The number of nitrogens with zero attached hydrogens (tertiary/aromatic N) is 2. The third kappa shape index (κ3) is 3.53. The highest BCUT2D eigenvalue weighted by atomic mass is 19.1. The summed E-state index contributed by atoms with van der Waals surface area (Å²) in [4.78, 5) is 20.5. The van der Waals surface area contributed by atoms with Crippen LogP contribution in [0.25, 0.3) is 10.9 Å². The fourth-order valence-corrected chi connectivity index (χ4v) is 2.83. The second-order valence-electron chi connectivity index (χ2n) is 5.99. The molecule has 27 heavy (non-hydrogen) atoms. The summed E-state index contributed by atoms with van der Waals surface area (Å²) in [6.45, 7) is 3.74. The van der Waals surface area contributed by atoms with Crippen LogP contribution < -0.4 is 14.8 Å². The molecule has 0 unspecified atom stereocenters. The number of methoxy groups -OCH3 is 1. The van der Waals surface area contributed by atoms with Crippen LogP contribution in [-0.4, -0.2) is 30.0 Å². The van der Waals surface area contributed by atoms with Crippen molar-refractivity contribution in [2.24, 2.45) is 0 Å². The van der Waals surface area contributed by atoms with Crippen LogP contribution in [0.2, 0.25) is 0 Å². The van der Waals surface area contributed by atoms with E-state index in [1.54, 1.807) is 18.2 Å². The minimum absolute atomic E-state index is 0.236. The predicted molar refractivity (Wildman–Crippen MR) is 100 cm³/mol. The Kier molecular flexibility index (Phi) is 5.21. The summed E-state index contributed by atoms with van der Waals surface area (Å²) in [6.07, 6.45) is 1.95. The maximum absolute atomic E-state index is 14.2. The van der Waals surface area contributed by atoms with Crippen LogP contribution in [-0.2, 0) is 6.42 Å². The van der Waals surface area contributed by atoms with E-state index in [-0.39, 0.29) is 17.6 Å². The predicted octanol–water partition coefficient (Wildman–Crippen LogP) is 3.80. The zero-order valence-electron chi connectivity index (χ0n) is 15.6. The van der Waals surface area contributed by atoms with Crippen molar-refractivity contribution in [1.82, 2.24) is 15.3 Å². The van der Waals surface area contributed by atoms with Gasteiger partial charge in [-0.25, -0.2) is 14.4 Å². The molecule has 7 heteroatoms. The molecule has 1 amide bonds. The van der Waals surface area contributed by atoms with Crippen LogP contribution in [0.15, 0.2) is 30.6 Å². The SMILES string of the molecule is CCc1cc(C)c(Oc2ncnc3cc(OC)c(C(=O)NC)cc23)cc1F. The zero-order chi connectivity index (χ0) is 19.6. The molecule has 3 rings (SSSR count). The average molecular weight is 369 g/mol. The first-order valence-electron chi connectivity index (χ1n) is 8.50. The van der Waals surface area contributed by atoms with E-state index in [2.05, 4.69) is 15.3 Å². The van der Waals surface area contributed by atoms with E-state index in [1.807, 2.05) is 13.8 Å². The first-order valence-corrected chi connectivity index (χ1v) is 8.50. The first kappa shape index (κ1) is 18.6. The normalized spacial score (nSPS) is 10.7. The maximum Gasteiger partial charge on any atom is 0.254 e. The monoisotopic (exact) mass is 369 g/mol. The molecule has 6 nitrogen and oxygen atoms in total. The Morgan fingerprint density at radius 1 is 1.19 bits per heavy atom. The number of carbonyl (C=O) groups excluding carboxylic acids is 1. The third-order valence-electron chi connectivity index (χ3n) is 4.32. The van der Waals surface area contributed by atoms with Crippen LogP contribution in [0.4, 0.5) is 4.39 Å². The second-order valence-corrected chi connectivity index (χ2v) is 5.99. The molecule has 1 N–H and O–H groups in total. The van der Waals surface area contributed by atoms with E-state index in [9.17, 15) is 9.18 Å². The van der Waals surface area contributed by atoms with Crippen molar-refractivity contribution in [3.8, 4) is 17.4 Å². The first-order chi connectivity index (χ1) is 13.0. The van der Waals surface area contributed by atoms with Gasteiger partial charge in [0, 0.05) is 19.2 Å². The van der Waals surface area contributed by atoms with Crippen molar-refractivity contribution in [3.63, 3.8) is 0 Å². The van der Waals surface area contributed by atoms with Gasteiger partial charge >= 0.3 is 0 Å². The van der Waals surface area contributed by atoms with Gasteiger partial charge in [0.2, 0.25) is 5.88 Å². The van der Waals surface area contributed by atoms with Crippen molar-refractivity contribution in [3.05, 3.63) is 53.1 Å². The molecule has 1 aromatic heterocycles. The molecule has 0 aliphatic carbocycles. The van der Waals surface area contributed by atoms with Crippen LogP contribution in [0, 0.1) is 12.7 Å². The van der Waals surface area contributed by atoms with Crippen LogP contribution in [0.1, 0.15) is 28.4 Å². The highest BCUT2D eigenvalue weighted by molar-refractivity contribution is 6.01. The molecule has 0 fully saturated rings. The number of halogens is 1. The lowest BCUT2D eigenvalue weighted by Crippen LogP contribution is -2.18. The van der Waals surface area contributed by atoms with Crippen molar-refractivity contribution in [1.29, 1.82) is 0 Å². The van der Waals surface area contributed by atoms with Gasteiger partial charge in [0.1, 0.15) is 23.6 Å². The van der Waals surface area contributed by atoms with Gasteiger partial charge in [0.25, 0.3) is 5.91 Å². The fourth-order valence-electron chi connectivity index (χ4n) is 2.83. The number of hydrogen-bond donors (Lipinski definition) is 1. The largest absolute Gasteiger partial charge is 0.496 e. The summed E-state index contributed by atoms with van der Waals surface area (Å²) in [5.74, 6) is 0.352. The Hall–Kier alpha value is -3.22. The highest BCUT2D eigenvalue weighted by Crippen LogP contribution is 2.33. The number of aryl methyl sites for hydroxylation is 2. The molecule has 0 atom stereocenters. The smallest absolute Gasteiger partial charge is 0.254 e. The lowest BCUT2D eigenvalue weighted by Gasteiger charge is -2.13. The zero-order valence-corrected chi connectivity index (χ0v) is 15.6. The lowest BCUT2D eigenvalue weighted by molar-refractivity contribution is 0.0960. The van der Waals surface area contributed by atoms with E-state index in [4.69, 9.17) is 9.47 Å². The molecule has 2 aromatic carbocycles. The molecule has 0 saturated heterocycles. The van der Waals surface area contributed by atoms with Gasteiger partial charge in [0.05, 0.1) is 23.6 Å². The highest BCUT2D eigenvalue weighted by Gasteiger charge is 2.17. The number of hydrogen-bond acceptors (Lipinski definition) is 5. The minimum atomic E-state index is -0.329. The molecule has 1 heterocycles. The summed E-state index contributed by atoms with van der Waals surface area (Å²) in [5, 5.41) is 3.09. The van der Waals surface area contributed by atoms with Crippen molar-refractivity contribution >= 4 is 16.8 Å². The summed E-state index contributed by atoms with van der Waals surface area (Å²) in [5.41, 5.74) is 2.29. The number of carbonyl (C=O) groups is 1. The second kappa shape index (κ2) is 7.57. The summed E-state index contributed by atoms with van der Waals surface area (Å²) >= 11 is 0. The lowest BCUT2D eigenvalue weighted by atomic mass is 10.1. The molecule has 0 spiro atoms. The Morgan fingerprint density at radius 2 is 1.96 bits per heavy atom. The minimum Gasteiger partial charge on any atom is -0.496 e. The number of aromatic nitrogens is 2. The van der Waals surface area contributed by atoms with Crippen molar-refractivity contribution in [2.45, 2.75) is 20.3 Å². The van der Waals surface area contributed by atoms with Gasteiger partial charge in [-0.2, -0.15) is 0 Å². The molecule has 0 saturated carbocycles. The number of ether oxygens (including phenoxy) is 2. The Morgan fingerprint density at radius 3 is 2.63 bits per heavy atom. The Balaban J connectivity index is 2.12. The third-order valence-corrected chi connectivity index (χ3v) is 4.32. The van der Waals surface area contributed by atoms with Gasteiger partial charge in [-0.05, 0) is 36.6 Å². The number of rotatable bonds is 5. The molecular formula is C20H20FN3O3. The van der Waals surface area contributed by atoms with Gasteiger partial charge in [-0.3, -0.25) is 4.79 Å². The molecule has 0 aliphatic heterocycles. The van der Waals surface area contributed by atoms with E-state index >= 15 is 0 Å². The number of fused-ring (bicyclic) bond motifs is 1. The van der Waals surface area contributed by atoms with Crippen LogP contribution >= 0.6 is 0 Å². The molecule has 0 radical (unpaired) electrons. The topological polar surface area (TPSA) is 73.3 Å². The average Bonchev–Trinajstić information content (AvgIpc) is 2.68. The van der Waals surface area contributed by atoms with Crippen molar-refractivity contribution < 1.29 is 18.7 Å². The van der Waals surface area contributed by atoms with Gasteiger partial charge in [-0.15, -0.1) is 0 Å². The van der Waals surface area contributed by atoms with E-state index < -0.39 is 0 Å². The molecule has 140 valence electrons. The van der Waals surface area contributed by atoms with E-state index in [0.717, 1.165) is 5.56 Å². The number of benzene rings is 2. The standard InChI is InChI=1S/C20H20FN3O3/c1-5-12-6-11(2)17(8-15(12)21)27-20-13-7-14(19(25)22-3)18(26-4)9-16(13)23-10-24-20/h6-10H,5H2,1-4H3,(H,22,25). The quantitative estimate of drug-likeness (QED) is 0.740.